The van der Waals surface area contributed by atoms with Crippen molar-refractivity contribution < 1.29 is 14.3 Å². The van der Waals surface area contributed by atoms with E-state index < -0.39 is 17.6 Å². The van der Waals surface area contributed by atoms with Gasteiger partial charge in [0, 0.05) is 11.7 Å². The van der Waals surface area contributed by atoms with E-state index in [-0.39, 0.29) is 12.1 Å². The van der Waals surface area contributed by atoms with Gasteiger partial charge >= 0.3 is 12.0 Å². The molecule has 8 nitrogen and oxygen atoms in total. The van der Waals surface area contributed by atoms with Gasteiger partial charge in [0.25, 0.3) is 0 Å². The summed E-state index contributed by atoms with van der Waals surface area (Å²) >= 11 is 1.88. The van der Waals surface area contributed by atoms with Crippen LogP contribution >= 0.6 is 22.6 Å². The lowest BCUT2D eigenvalue weighted by atomic mass is 10.2. The van der Waals surface area contributed by atoms with Crippen molar-refractivity contribution in [2.45, 2.75) is 39.5 Å². The molecule has 114 valence electrons. The van der Waals surface area contributed by atoms with E-state index in [1.54, 1.807) is 25.5 Å². The van der Waals surface area contributed by atoms with Crippen molar-refractivity contribution in [2.24, 2.45) is 5.18 Å². The zero-order chi connectivity index (χ0) is 15.8. The minimum atomic E-state index is -0.869. The van der Waals surface area contributed by atoms with Gasteiger partial charge in [-0.15, -0.1) is 4.91 Å². The van der Waals surface area contributed by atoms with Crippen LogP contribution in [-0.2, 0) is 17.8 Å². The van der Waals surface area contributed by atoms with E-state index in [1.165, 1.54) is 4.90 Å². The number of halogens is 1. The van der Waals surface area contributed by atoms with Crippen LogP contribution in [0.5, 0.6) is 0 Å². The summed E-state index contributed by atoms with van der Waals surface area (Å²) < 4.78 is 7.35. The molecule has 0 aliphatic carbocycles. The monoisotopic (exact) mass is 406 g/mol. The third-order valence-corrected chi connectivity index (χ3v) is 3.64. The second-order valence-corrected chi connectivity index (χ2v) is 6.66. The Morgan fingerprint density at radius 2 is 2.00 bits per heavy atom. The van der Waals surface area contributed by atoms with Crippen LogP contribution in [-0.4, -0.2) is 38.8 Å². The Kier molecular flexibility index (Phi) is 4.30. The summed E-state index contributed by atoms with van der Waals surface area (Å²) in [5.74, 6) is -0.869. The smallest absolute Gasteiger partial charge is 0.410 e. The van der Waals surface area contributed by atoms with Gasteiger partial charge in [-0.3, -0.25) is 9.48 Å². The molecule has 0 aromatic carbocycles. The minimum Gasteiger partial charge on any atom is -0.444 e. The van der Waals surface area contributed by atoms with E-state index >= 15 is 0 Å². The molecular weight excluding hydrogens is 391 g/mol. The van der Waals surface area contributed by atoms with Crippen molar-refractivity contribution in [1.29, 1.82) is 0 Å². The average molecular weight is 406 g/mol. The van der Waals surface area contributed by atoms with Gasteiger partial charge in [0.15, 0.2) is 0 Å². The predicted molar refractivity (Wildman–Crippen MR) is 81.7 cm³/mol. The number of amides is 2. The molecule has 2 heterocycles. The predicted octanol–water partition coefficient (Wildman–Crippen LogP) is 2.15. The van der Waals surface area contributed by atoms with Crippen LogP contribution in [0.1, 0.15) is 36.8 Å². The maximum atomic E-state index is 12.1. The van der Waals surface area contributed by atoms with Gasteiger partial charge in [-0.2, -0.15) is 5.10 Å². The lowest BCUT2D eigenvalue weighted by Crippen LogP contribution is -2.41. The quantitative estimate of drug-likeness (QED) is 0.526. The Labute approximate surface area is 134 Å². The topological polar surface area (TPSA) is 93.9 Å². The van der Waals surface area contributed by atoms with E-state index in [0.29, 0.717) is 22.5 Å². The van der Waals surface area contributed by atoms with Gasteiger partial charge in [0.1, 0.15) is 14.9 Å². The highest BCUT2D eigenvalue weighted by molar-refractivity contribution is 14.1. The molecule has 0 bridgehead atoms. The Morgan fingerprint density at radius 1 is 1.33 bits per heavy atom. The van der Waals surface area contributed by atoms with Crippen LogP contribution in [0.2, 0.25) is 0 Å². The van der Waals surface area contributed by atoms with Crippen molar-refractivity contribution >= 4 is 34.6 Å². The summed E-state index contributed by atoms with van der Waals surface area (Å²) in [7, 11) is 0. The summed E-state index contributed by atoms with van der Waals surface area (Å²) in [4.78, 5) is 35.7. The van der Waals surface area contributed by atoms with Gasteiger partial charge in [0.05, 0.1) is 18.8 Å². The largest absolute Gasteiger partial charge is 0.444 e. The van der Waals surface area contributed by atoms with Crippen LogP contribution in [0.15, 0.2) is 5.18 Å². The lowest BCUT2D eigenvalue weighted by molar-refractivity contribution is 0.0193. The van der Waals surface area contributed by atoms with E-state index in [4.69, 9.17) is 4.74 Å². The van der Waals surface area contributed by atoms with Crippen molar-refractivity contribution in [3.05, 3.63) is 19.9 Å². The second-order valence-electron chi connectivity index (χ2n) is 5.63. The number of rotatable bonds is 1. The number of nitrogens with zero attached hydrogens (tertiary/aromatic N) is 4. The fourth-order valence-electron chi connectivity index (χ4n) is 2.03. The molecule has 0 unspecified atom stereocenters. The van der Waals surface area contributed by atoms with Crippen molar-refractivity contribution in [2.75, 3.05) is 6.54 Å². The summed E-state index contributed by atoms with van der Waals surface area (Å²) in [6.45, 7) is 6.40. The van der Waals surface area contributed by atoms with Crippen molar-refractivity contribution in [3.8, 4) is 0 Å². The number of hydrogen-bond acceptors (Lipinski definition) is 5. The first kappa shape index (κ1) is 15.9. The SMILES string of the molecule is CC(C)(C)OC(=O)N1CCn2nc(I)c(C(=O)N=O)c2C1. The standard InChI is InChI=1S/C12H15IN4O4/c1-12(2,3)21-11(19)16-4-5-17-7(6-16)8(9(13)14-17)10(18)15-20/h4-6H2,1-3H3. The molecule has 0 radical (unpaired) electrons. The molecule has 0 saturated heterocycles. The lowest BCUT2D eigenvalue weighted by Gasteiger charge is -2.30. The molecule has 9 heteroatoms. The molecule has 2 amide bonds. The third-order valence-electron chi connectivity index (χ3n) is 2.89. The molecule has 0 saturated carbocycles. The fourth-order valence-corrected chi connectivity index (χ4v) is 2.83. The Balaban J connectivity index is 2.25. The van der Waals surface area contributed by atoms with Gasteiger partial charge in [-0.1, -0.05) is 0 Å². The molecule has 0 spiro atoms. The number of fused-ring (bicyclic) bond motifs is 1. The molecule has 1 aromatic rings. The molecule has 1 aliphatic heterocycles. The molecule has 0 fully saturated rings. The maximum Gasteiger partial charge on any atom is 0.410 e. The molecule has 1 aromatic heterocycles. The molecule has 2 rings (SSSR count). The van der Waals surface area contributed by atoms with Crippen LogP contribution in [0.4, 0.5) is 4.79 Å². The maximum absolute atomic E-state index is 12.1. The zero-order valence-electron chi connectivity index (χ0n) is 11.9. The number of carbonyl (C=O) groups excluding carboxylic acids is 2. The van der Waals surface area contributed by atoms with Crippen LogP contribution in [0.25, 0.3) is 0 Å². The number of carbonyl (C=O) groups is 2. The second kappa shape index (κ2) is 5.70. The summed E-state index contributed by atoms with van der Waals surface area (Å²) in [5, 5.41) is 6.64. The first-order chi connectivity index (χ1) is 9.73. The number of nitroso groups, excluding NO2 is 1. The molecule has 21 heavy (non-hydrogen) atoms. The highest BCUT2D eigenvalue weighted by atomic mass is 127. The molecular formula is C12H15IN4O4. The van der Waals surface area contributed by atoms with Crippen molar-refractivity contribution in [1.82, 2.24) is 14.7 Å². The van der Waals surface area contributed by atoms with Crippen LogP contribution in [0, 0.1) is 8.61 Å². The van der Waals surface area contributed by atoms with Gasteiger partial charge in [-0.05, 0) is 43.4 Å². The fraction of sp³-hybridized carbons (Fsp3) is 0.583. The summed E-state index contributed by atoms with van der Waals surface area (Å²) in [6, 6.07) is 0. The Bertz CT molecular complexity index is 605. The third kappa shape index (κ3) is 3.39. The van der Waals surface area contributed by atoms with Crippen LogP contribution in [0.3, 0.4) is 0 Å². The molecule has 1 aliphatic rings. The highest BCUT2D eigenvalue weighted by Gasteiger charge is 2.31. The Morgan fingerprint density at radius 3 is 2.57 bits per heavy atom. The number of aromatic nitrogens is 2. The first-order valence-electron chi connectivity index (χ1n) is 6.33. The first-order valence-corrected chi connectivity index (χ1v) is 7.41. The van der Waals surface area contributed by atoms with E-state index in [2.05, 4.69) is 10.3 Å². The van der Waals surface area contributed by atoms with E-state index in [9.17, 15) is 14.5 Å². The van der Waals surface area contributed by atoms with E-state index in [1.807, 2.05) is 22.6 Å². The summed E-state index contributed by atoms with van der Waals surface area (Å²) in [6.07, 6.45) is -0.456. The Hall–Kier alpha value is -1.52. The molecule has 0 N–H and O–H groups in total. The highest BCUT2D eigenvalue weighted by Crippen LogP contribution is 2.23. The van der Waals surface area contributed by atoms with Gasteiger partial charge < -0.3 is 9.64 Å². The van der Waals surface area contributed by atoms with E-state index in [0.717, 1.165) is 0 Å². The number of ether oxygens (including phenoxy) is 1. The zero-order valence-corrected chi connectivity index (χ0v) is 14.1. The minimum absolute atomic E-state index is 0.166. The van der Waals surface area contributed by atoms with Crippen LogP contribution < -0.4 is 0 Å². The van der Waals surface area contributed by atoms with Crippen molar-refractivity contribution in [3.63, 3.8) is 0 Å². The summed E-state index contributed by atoms with van der Waals surface area (Å²) in [5.41, 5.74) is 0.0895. The average Bonchev–Trinajstić information content (AvgIpc) is 2.70. The van der Waals surface area contributed by atoms with Gasteiger partial charge in [-0.25, -0.2) is 4.79 Å². The van der Waals surface area contributed by atoms with Gasteiger partial charge in [0.2, 0.25) is 0 Å². The number of hydrogen-bond donors (Lipinski definition) is 0. The normalized spacial score (nSPS) is 14.6. The molecule has 0 atom stereocenters.